The Bertz CT molecular complexity index is 754. The minimum atomic E-state index is -0.346. The topological polar surface area (TPSA) is 85.8 Å². The molecular weight excluding hydrogens is 378 g/mol. The molecule has 0 bridgehead atoms. The minimum Gasteiger partial charge on any atom is -0.355 e. The molecule has 1 aromatic carbocycles. The van der Waals surface area contributed by atoms with E-state index in [0.717, 1.165) is 43.4 Å². The molecule has 7 nitrogen and oxygen atoms in total. The third kappa shape index (κ3) is 6.21. The zero-order valence-electron chi connectivity index (χ0n) is 19.0. The second-order valence-electron chi connectivity index (χ2n) is 8.47. The summed E-state index contributed by atoms with van der Waals surface area (Å²) < 4.78 is 0. The van der Waals surface area contributed by atoms with Crippen molar-refractivity contribution in [1.29, 1.82) is 0 Å². The van der Waals surface area contributed by atoms with Crippen LogP contribution in [0.15, 0.2) is 29.3 Å². The summed E-state index contributed by atoms with van der Waals surface area (Å²) in [4.78, 5) is 30.9. The van der Waals surface area contributed by atoms with Crippen molar-refractivity contribution in [2.75, 3.05) is 33.0 Å². The molecule has 2 rings (SSSR count). The SMILES string of the molecule is CCC(C)C(=O)Nc1cccc(CNC(=NC)NCC2(C(=O)N(C)C)CCCC2)c1. The molecule has 0 aliphatic heterocycles. The Hall–Kier alpha value is -2.57. The van der Waals surface area contributed by atoms with Crippen molar-refractivity contribution >= 4 is 23.5 Å². The van der Waals surface area contributed by atoms with E-state index in [1.807, 2.05) is 52.2 Å². The molecule has 1 aliphatic carbocycles. The van der Waals surface area contributed by atoms with Crippen LogP contribution in [0.1, 0.15) is 51.5 Å². The van der Waals surface area contributed by atoms with Gasteiger partial charge in [0.05, 0.1) is 5.41 Å². The molecule has 30 heavy (non-hydrogen) atoms. The maximum absolute atomic E-state index is 12.7. The number of amides is 2. The van der Waals surface area contributed by atoms with Crippen LogP contribution in [-0.4, -0.2) is 50.4 Å². The monoisotopic (exact) mass is 415 g/mol. The molecule has 0 heterocycles. The molecule has 1 aromatic rings. The molecule has 1 fully saturated rings. The van der Waals surface area contributed by atoms with Crippen molar-refractivity contribution in [2.45, 2.75) is 52.5 Å². The first kappa shape index (κ1) is 23.7. The van der Waals surface area contributed by atoms with Crippen molar-refractivity contribution in [3.05, 3.63) is 29.8 Å². The average Bonchev–Trinajstić information content (AvgIpc) is 3.22. The van der Waals surface area contributed by atoms with Crippen molar-refractivity contribution in [3.63, 3.8) is 0 Å². The van der Waals surface area contributed by atoms with Crippen LogP contribution in [0.4, 0.5) is 5.69 Å². The number of guanidine groups is 1. The Labute approximate surface area is 180 Å². The van der Waals surface area contributed by atoms with E-state index in [-0.39, 0.29) is 23.1 Å². The average molecular weight is 416 g/mol. The van der Waals surface area contributed by atoms with Gasteiger partial charge in [-0.15, -0.1) is 0 Å². The molecule has 0 radical (unpaired) electrons. The number of aliphatic imine (C=N–C) groups is 1. The Morgan fingerprint density at radius 1 is 1.20 bits per heavy atom. The summed E-state index contributed by atoms with van der Waals surface area (Å²) in [6.07, 6.45) is 4.80. The van der Waals surface area contributed by atoms with Gasteiger partial charge in [-0.1, -0.05) is 38.8 Å². The van der Waals surface area contributed by atoms with E-state index in [0.29, 0.717) is 19.0 Å². The molecule has 1 atom stereocenters. The third-order valence-corrected chi connectivity index (χ3v) is 5.95. The highest BCUT2D eigenvalue weighted by atomic mass is 16.2. The highest BCUT2D eigenvalue weighted by Crippen LogP contribution is 2.38. The predicted molar refractivity (Wildman–Crippen MR) is 122 cm³/mol. The van der Waals surface area contributed by atoms with E-state index in [9.17, 15) is 9.59 Å². The summed E-state index contributed by atoms with van der Waals surface area (Å²) in [5.74, 6) is 0.879. The first-order valence-electron chi connectivity index (χ1n) is 10.9. The Morgan fingerprint density at radius 2 is 1.90 bits per heavy atom. The lowest BCUT2D eigenvalue weighted by Gasteiger charge is -2.31. The number of nitrogens with one attached hydrogen (secondary N) is 3. The van der Waals surface area contributed by atoms with Gasteiger partial charge in [-0.3, -0.25) is 14.6 Å². The number of hydrogen-bond donors (Lipinski definition) is 3. The largest absolute Gasteiger partial charge is 0.355 e. The van der Waals surface area contributed by atoms with Crippen LogP contribution in [0.5, 0.6) is 0 Å². The van der Waals surface area contributed by atoms with Crippen LogP contribution in [0.3, 0.4) is 0 Å². The summed E-state index contributed by atoms with van der Waals surface area (Å²) in [6.45, 7) is 5.08. The van der Waals surface area contributed by atoms with Crippen molar-refractivity contribution in [3.8, 4) is 0 Å². The van der Waals surface area contributed by atoms with Gasteiger partial charge in [0, 0.05) is 45.8 Å². The van der Waals surface area contributed by atoms with E-state index in [1.165, 1.54) is 0 Å². The molecule has 2 amide bonds. The number of rotatable bonds is 8. The quantitative estimate of drug-likeness (QED) is 0.450. The summed E-state index contributed by atoms with van der Waals surface area (Å²) >= 11 is 0. The summed E-state index contributed by atoms with van der Waals surface area (Å²) in [5.41, 5.74) is 1.49. The van der Waals surface area contributed by atoms with Gasteiger partial charge in [0.1, 0.15) is 0 Å². The van der Waals surface area contributed by atoms with Gasteiger partial charge in [-0.05, 0) is 37.0 Å². The second-order valence-corrected chi connectivity index (χ2v) is 8.47. The highest BCUT2D eigenvalue weighted by molar-refractivity contribution is 5.92. The Kier molecular flexibility index (Phi) is 8.69. The fourth-order valence-electron chi connectivity index (χ4n) is 3.86. The highest BCUT2D eigenvalue weighted by Gasteiger charge is 2.42. The lowest BCUT2D eigenvalue weighted by Crippen LogP contribution is -2.49. The Morgan fingerprint density at radius 3 is 2.50 bits per heavy atom. The van der Waals surface area contributed by atoms with Crippen LogP contribution in [0.2, 0.25) is 0 Å². The Balaban J connectivity index is 1.93. The molecule has 1 saturated carbocycles. The third-order valence-electron chi connectivity index (χ3n) is 5.95. The van der Waals surface area contributed by atoms with E-state index in [4.69, 9.17) is 0 Å². The molecule has 166 valence electrons. The van der Waals surface area contributed by atoms with E-state index in [2.05, 4.69) is 20.9 Å². The van der Waals surface area contributed by atoms with Gasteiger partial charge in [0.2, 0.25) is 11.8 Å². The van der Waals surface area contributed by atoms with E-state index >= 15 is 0 Å². The van der Waals surface area contributed by atoms with Crippen LogP contribution >= 0.6 is 0 Å². The molecule has 0 spiro atoms. The number of hydrogen-bond acceptors (Lipinski definition) is 3. The molecule has 3 N–H and O–H groups in total. The lowest BCUT2D eigenvalue weighted by molar-refractivity contribution is -0.138. The first-order chi connectivity index (χ1) is 14.3. The maximum Gasteiger partial charge on any atom is 0.230 e. The standard InChI is InChI=1S/C23H37N5O2/c1-6-17(2)20(29)27-19-11-9-10-18(14-19)15-25-22(24-3)26-16-23(12-7-8-13-23)21(30)28(4)5/h9-11,14,17H,6-8,12-13,15-16H2,1-5H3,(H,27,29)(H2,24,25,26). The summed E-state index contributed by atoms with van der Waals surface area (Å²) in [7, 11) is 5.37. The van der Waals surface area contributed by atoms with Crippen molar-refractivity contribution in [1.82, 2.24) is 15.5 Å². The van der Waals surface area contributed by atoms with Gasteiger partial charge in [0.25, 0.3) is 0 Å². The van der Waals surface area contributed by atoms with Crippen LogP contribution in [0, 0.1) is 11.3 Å². The number of anilines is 1. The van der Waals surface area contributed by atoms with E-state index < -0.39 is 0 Å². The molecular formula is C23H37N5O2. The zero-order chi connectivity index (χ0) is 22.1. The van der Waals surface area contributed by atoms with E-state index in [1.54, 1.807) is 11.9 Å². The lowest BCUT2D eigenvalue weighted by atomic mass is 9.84. The molecule has 0 saturated heterocycles. The van der Waals surface area contributed by atoms with Crippen molar-refractivity contribution < 1.29 is 9.59 Å². The van der Waals surface area contributed by atoms with Crippen molar-refractivity contribution in [2.24, 2.45) is 16.3 Å². The normalized spacial score (nSPS) is 16.6. The second kappa shape index (κ2) is 11.0. The van der Waals surface area contributed by atoms with Gasteiger partial charge in [0.15, 0.2) is 5.96 Å². The van der Waals surface area contributed by atoms with Gasteiger partial charge in [-0.2, -0.15) is 0 Å². The fourth-order valence-corrected chi connectivity index (χ4v) is 3.86. The molecule has 1 unspecified atom stereocenters. The predicted octanol–water partition coefficient (Wildman–Crippen LogP) is 2.98. The molecule has 7 heteroatoms. The summed E-state index contributed by atoms with van der Waals surface area (Å²) in [6, 6.07) is 7.80. The first-order valence-corrected chi connectivity index (χ1v) is 10.9. The number of benzene rings is 1. The fraction of sp³-hybridized carbons (Fsp3) is 0.609. The van der Waals surface area contributed by atoms with Crippen LogP contribution < -0.4 is 16.0 Å². The van der Waals surface area contributed by atoms with Crippen LogP contribution in [0.25, 0.3) is 0 Å². The maximum atomic E-state index is 12.7. The molecule has 0 aromatic heterocycles. The molecule has 1 aliphatic rings. The summed E-state index contributed by atoms with van der Waals surface area (Å²) in [5, 5.41) is 9.63. The zero-order valence-corrected chi connectivity index (χ0v) is 19.0. The van der Waals surface area contributed by atoms with Gasteiger partial charge >= 0.3 is 0 Å². The van der Waals surface area contributed by atoms with Crippen LogP contribution in [-0.2, 0) is 16.1 Å². The smallest absolute Gasteiger partial charge is 0.230 e. The minimum absolute atomic E-state index is 0.0115. The number of carbonyl (C=O) groups is 2. The van der Waals surface area contributed by atoms with Gasteiger partial charge in [-0.25, -0.2) is 0 Å². The number of nitrogens with zero attached hydrogens (tertiary/aromatic N) is 2. The van der Waals surface area contributed by atoms with Gasteiger partial charge < -0.3 is 20.9 Å². The number of carbonyl (C=O) groups excluding carboxylic acids is 2.